The van der Waals surface area contributed by atoms with E-state index >= 15 is 0 Å². The second kappa shape index (κ2) is 8.54. The highest BCUT2D eigenvalue weighted by atomic mass is 79.9. The lowest BCUT2D eigenvalue weighted by molar-refractivity contribution is -0.122. The Hall–Kier alpha value is -2.79. The van der Waals surface area contributed by atoms with Crippen molar-refractivity contribution >= 4 is 38.9 Å². The largest absolute Gasteiger partial charge is 0.481 e. The molecule has 0 saturated carbocycles. The minimum Gasteiger partial charge on any atom is -0.481 e. The summed E-state index contributed by atoms with van der Waals surface area (Å²) in [5, 5.41) is 6.17. The van der Waals surface area contributed by atoms with Crippen LogP contribution in [-0.4, -0.2) is 12.0 Å². The zero-order valence-electron chi connectivity index (χ0n) is 14.3. The molecule has 132 valence electrons. The van der Waals surface area contributed by atoms with Crippen molar-refractivity contribution in [3.63, 3.8) is 0 Å². The zero-order valence-corrected chi connectivity index (χ0v) is 15.9. The van der Waals surface area contributed by atoms with Crippen LogP contribution in [0.1, 0.15) is 6.92 Å². The number of anilines is 3. The Kier molecular flexibility index (Phi) is 5.92. The van der Waals surface area contributed by atoms with Crippen LogP contribution in [0.5, 0.6) is 5.75 Å². The normalized spacial score (nSPS) is 11.5. The summed E-state index contributed by atoms with van der Waals surface area (Å²) in [6.07, 6.45) is -0.599. The predicted octanol–water partition coefficient (Wildman–Crippen LogP) is 5.60. The molecule has 0 unspecified atom stereocenters. The van der Waals surface area contributed by atoms with Gasteiger partial charge in [0.15, 0.2) is 6.10 Å². The van der Waals surface area contributed by atoms with Crippen LogP contribution in [0.25, 0.3) is 0 Å². The molecule has 26 heavy (non-hydrogen) atoms. The molecular formula is C21H19BrN2O2. The quantitative estimate of drug-likeness (QED) is 0.555. The van der Waals surface area contributed by atoms with E-state index in [0.717, 1.165) is 21.5 Å². The fraction of sp³-hybridized carbons (Fsp3) is 0.0952. The molecule has 0 bridgehead atoms. The molecule has 0 aliphatic carbocycles. The summed E-state index contributed by atoms with van der Waals surface area (Å²) in [6, 6.07) is 24.9. The van der Waals surface area contributed by atoms with E-state index in [2.05, 4.69) is 26.6 Å². The third-order valence-corrected chi connectivity index (χ3v) is 4.24. The second-order valence-corrected chi connectivity index (χ2v) is 6.69. The Bertz CT molecular complexity index is 849. The van der Waals surface area contributed by atoms with Crippen LogP contribution in [0.3, 0.4) is 0 Å². The number of nitrogens with one attached hydrogen (secondary N) is 2. The van der Waals surface area contributed by atoms with Gasteiger partial charge < -0.3 is 15.4 Å². The van der Waals surface area contributed by atoms with Gasteiger partial charge in [-0.2, -0.15) is 0 Å². The van der Waals surface area contributed by atoms with Gasteiger partial charge in [0.05, 0.1) is 0 Å². The highest BCUT2D eigenvalue weighted by Crippen LogP contribution is 2.20. The summed E-state index contributed by atoms with van der Waals surface area (Å²) in [7, 11) is 0. The molecule has 1 atom stereocenters. The molecule has 2 N–H and O–H groups in total. The van der Waals surface area contributed by atoms with Crippen molar-refractivity contribution in [2.75, 3.05) is 10.6 Å². The molecule has 3 aromatic rings. The van der Waals surface area contributed by atoms with Gasteiger partial charge in [-0.3, -0.25) is 4.79 Å². The van der Waals surface area contributed by atoms with Crippen molar-refractivity contribution < 1.29 is 9.53 Å². The average molecular weight is 411 g/mol. The molecule has 0 aliphatic heterocycles. The summed E-state index contributed by atoms with van der Waals surface area (Å²) in [4.78, 5) is 12.3. The van der Waals surface area contributed by atoms with E-state index in [9.17, 15) is 4.79 Å². The van der Waals surface area contributed by atoms with E-state index < -0.39 is 6.10 Å². The number of hydrogen-bond acceptors (Lipinski definition) is 3. The van der Waals surface area contributed by atoms with Crippen LogP contribution < -0.4 is 15.4 Å². The van der Waals surface area contributed by atoms with Gasteiger partial charge in [0, 0.05) is 21.5 Å². The molecule has 0 aliphatic rings. The van der Waals surface area contributed by atoms with E-state index in [4.69, 9.17) is 4.74 Å². The van der Waals surface area contributed by atoms with Crippen molar-refractivity contribution in [2.24, 2.45) is 0 Å². The predicted molar refractivity (Wildman–Crippen MR) is 109 cm³/mol. The number of rotatable bonds is 6. The Labute approximate surface area is 161 Å². The lowest BCUT2D eigenvalue weighted by atomic mass is 10.2. The maximum Gasteiger partial charge on any atom is 0.265 e. The third-order valence-electron chi connectivity index (χ3n) is 3.71. The number of benzene rings is 3. The van der Waals surface area contributed by atoms with E-state index in [0.29, 0.717) is 5.75 Å². The van der Waals surface area contributed by atoms with E-state index in [1.54, 1.807) is 6.92 Å². The molecule has 0 spiro atoms. The number of ether oxygens (including phenoxy) is 1. The standard InChI is InChI=1S/C21H19BrN2O2/c1-15(26-20-13-7-16(22)8-14-20)21(25)24-19-11-9-18(10-12-19)23-17-5-3-2-4-6-17/h2-15,23H,1H3,(H,24,25)/t15-/m1/s1. The second-order valence-electron chi connectivity index (χ2n) is 5.77. The first kappa shape index (κ1) is 18.0. The number of para-hydroxylation sites is 1. The van der Waals surface area contributed by atoms with Gasteiger partial charge in [-0.25, -0.2) is 0 Å². The summed E-state index contributed by atoms with van der Waals surface area (Å²) < 4.78 is 6.62. The molecule has 4 nitrogen and oxygen atoms in total. The van der Waals surface area contributed by atoms with Crippen molar-refractivity contribution in [1.82, 2.24) is 0 Å². The van der Waals surface area contributed by atoms with Crippen LogP contribution in [0.2, 0.25) is 0 Å². The Morgan fingerprint density at radius 1 is 0.846 bits per heavy atom. The number of carbonyl (C=O) groups excluding carboxylic acids is 1. The zero-order chi connectivity index (χ0) is 18.4. The molecule has 0 aromatic heterocycles. The maximum absolute atomic E-state index is 12.3. The molecule has 3 aromatic carbocycles. The maximum atomic E-state index is 12.3. The first-order valence-corrected chi connectivity index (χ1v) is 9.05. The van der Waals surface area contributed by atoms with Gasteiger partial charge in [0.25, 0.3) is 5.91 Å². The fourth-order valence-corrected chi connectivity index (χ4v) is 2.60. The topological polar surface area (TPSA) is 50.4 Å². The van der Waals surface area contributed by atoms with Gasteiger partial charge in [-0.15, -0.1) is 0 Å². The van der Waals surface area contributed by atoms with Gasteiger partial charge in [0.2, 0.25) is 0 Å². The van der Waals surface area contributed by atoms with Crippen LogP contribution in [-0.2, 0) is 4.79 Å². The van der Waals surface area contributed by atoms with Gasteiger partial charge in [-0.05, 0) is 67.6 Å². The van der Waals surface area contributed by atoms with Crippen molar-refractivity contribution in [3.8, 4) is 5.75 Å². The highest BCUT2D eigenvalue weighted by Gasteiger charge is 2.14. The van der Waals surface area contributed by atoms with E-state index in [-0.39, 0.29) is 5.91 Å². The van der Waals surface area contributed by atoms with Gasteiger partial charge >= 0.3 is 0 Å². The average Bonchev–Trinajstić information content (AvgIpc) is 2.66. The number of amides is 1. The Morgan fingerprint density at radius 3 is 2.08 bits per heavy atom. The third kappa shape index (κ3) is 5.10. The first-order chi connectivity index (χ1) is 12.6. The van der Waals surface area contributed by atoms with Crippen LogP contribution >= 0.6 is 15.9 Å². The molecule has 0 heterocycles. The lowest BCUT2D eigenvalue weighted by Gasteiger charge is -2.15. The van der Waals surface area contributed by atoms with Crippen LogP contribution in [0.15, 0.2) is 83.3 Å². The van der Waals surface area contributed by atoms with E-state index in [1.165, 1.54) is 0 Å². The van der Waals surface area contributed by atoms with E-state index in [1.807, 2.05) is 78.9 Å². The SMILES string of the molecule is C[C@@H](Oc1ccc(Br)cc1)C(=O)Nc1ccc(Nc2ccccc2)cc1. The van der Waals surface area contributed by atoms with Crippen molar-refractivity contribution in [3.05, 3.63) is 83.3 Å². The van der Waals surface area contributed by atoms with Crippen LogP contribution in [0.4, 0.5) is 17.1 Å². The summed E-state index contributed by atoms with van der Waals surface area (Å²) in [6.45, 7) is 1.72. The van der Waals surface area contributed by atoms with Crippen LogP contribution in [0, 0.1) is 0 Å². The summed E-state index contributed by atoms with van der Waals surface area (Å²) in [5.74, 6) is 0.454. The minimum absolute atomic E-state index is 0.198. The molecule has 0 fully saturated rings. The number of hydrogen-bond donors (Lipinski definition) is 2. The molecule has 0 radical (unpaired) electrons. The van der Waals surface area contributed by atoms with Gasteiger partial charge in [-0.1, -0.05) is 34.1 Å². The van der Waals surface area contributed by atoms with Gasteiger partial charge in [0.1, 0.15) is 5.75 Å². The first-order valence-electron chi connectivity index (χ1n) is 8.25. The monoisotopic (exact) mass is 410 g/mol. The molecular weight excluding hydrogens is 392 g/mol. The smallest absolute Gasteiger partial charge is 0.265 e. The lowest BCUT2D eigenvalue weighted by Crippen LogP contribution is -2.30. The summed E-state index contributed by atoms with van der Waals surface area (Å²) >= 11 is 3.37. The minimum atomic E-state index is -0.599. The molecule has 5 heteroatoms. The summed E-state index contributed by atoms with van der Waals surface area (Å²) in [5.41, 5.74) is 2.69. The Morgan fingerprint density at radius 2 is 1.42 bits per heavy atom. The number of halogens is 1. The van der Waals surface area contributed by atoms with Crippen molar-refractivity contribution in [2.45, 2.75) is 13.0 Å². The highest BCUT2D eigenvalue weighted by molar-refractivity contribution is 9.10. The molecule has 0 saturated heterocycles. The molecule has 3 rings (SSSR count). The van der Waals surface area contributed by atoms with Crippen molar-refractivity contribution in [1.29, 1.82) is 0 Å². The number of carbonyl (C=O) groups is 1. The fourth-order valence-electron chi connectivity index (χ4n) is 2.34. The molecule has 1 amide bonds. The Balaban J connectivity index is 1.56.